The van der Waals surface area contributed by atoms with Gasteiger partial charge >= 0.3 is 0 Å². The van der Waals surface area contributed by atoms with Crippen LogP contribution in [0.5, 0.6) is 0 Å². The Bertz CT molecular complexity index is 260. The molecule has 0 aliphatic carbocycles. The van der Waals surface area contributed by atoms with Crippen molar-refractivity contribution < 1.29 is 5.11 Å². The summed E-state index contributed by atoms with van der Waals surface area (Å²) in [4.78, 5) is 4.08. The first-order chi connectivity index (χ1) is 6.74. The average molecular weight is 197 g/mol. The number of unbranched alkanes of at least 4 members (excludes halogenated alkanes) is 2. The highest BCUT2D eigenvalue weighted by Gasteiger charge is 2.08. The lowest BCUT2D eigenvalue weighted by atomic mass is 10.1. The maximum absolute atomic E-state index is 9.69. The molecule has 0 saturated carbocycles. The van der Waals surface area contributed by atoms with Crippen LogP contribution in [0.3, 0.4) is 0 Å². The molecule has 1 aromatic heterocycles. The molecule has 1 atom stereocenters. The van der Waals surface area contributed by atoms with Crippen LogP contribution in [-0.2, 0) is 13.5 Å². The summed E-state index contributed by atoms with van der Waals surface area (Å²) in [5, 5.41) is 13.7. The van der Waals surface area contributed by atoms with Gasteiger partial charge in [-0.05, 0) is 6.42 Å². The van der Waals surface area contributed by atoms with Crippen LogP contribution in [0.2, 0.25) is 0 Å². The number of aromatic nitrogens is 3. The first-order valence-electron chi connectivity index (χ1n) is 5.25. The molecule has 1 aromatic rings. The summed E-state index contributed by atoms with van der Waals surface area (Å²) in [5.74, 6) is 0.856. The lowest BCUT2D eigenvalue weighted by molar-refractivity contribution is 0.157. The number of aliphatic hydroxyl groups excluding tert-OH is 1. The van der Waals surface area contributed by atoms with Crippen LogP contribution in [0.4, 0.5) is 0 Å². The van der Waals surface area contributed by atoms with E-state index >= 15 is 0 Å². The molecule has 0 spiro atoms. The lowest BCUT2D eigenvalue weighted by Crippen LogP contribution is -2.14. The second-order valence-electron chi connectivity index (χ2n) is 3.65. The third kappa shape index (κ3) is 3.46. The molecule has 1 rings (SSSR count). The molecule has 0 aliphatic heterocycles. The summed E-state index contributed by atoms with van der Waals surface area (Å²) >= 11 is 0. The first-order valence-corrected chi connectivity index (χ1v) is 5.25. The van der Waals surface area contributed by atoms with Gasteiger partial charge in [0, 0.05) is 13.5 Å². The van der Waals surface area contributed by atoms with E-state index in [4.69, 9.17) is 0 Å². The summed E-state index contributed by atoms with van der Waals surface area (Å²) < 4.78 is 1.71. The van der Waals surface area contributed by atoms with Gasteiger partial charge in [0.2, 0.25) is 0 Å². The van der Waals surface area contributed by atoms with Crippen molar-refractivity contribution in [2.75, 3.05) is 0 Å². The fourth-order valence-corrected chi connectivity index (χ4v) is 1.45. The smallest absolute Gasteiger partial charge is 0.138 e. The Hall–Kier alpha value is -0.900. The van der Waals surface area contributed by atoms with E-state index in [9.17, 15) is 5.11 Å². The molecule has 0 aliphatic rings. The van der Waals surface area contributed by atoms with Gasteiger partial charge in [-0.3, -0.25) is 4.68 Å². The molecule has 1 heterocycles. The minimum absolute atomic E-state index is 0.274. The van der Waals surface area contributed by atoms with Crippen molar-refractivity contribution in [3.8, 4) is 0 Å². The zero-order chi connectivity index (χ0) is 10.4. The third-order valence-corrected chi connectivity index (χ3v) is 2.36. The van der Waals surface area contributed by atoms with Gasteiger partial charge in [0.15, 0.2) is 0 Å². The van der Waals surface area contributed by atoms with Crippen LogP contribution in [0, 0.1) is 0 Å². The quantitative estimate of drug-likeness (QED) is 0.699. The molecule has 4 nitrogen and oxygen atoms in total. The Balaban J connectivity index is 2.27. The SMILES string of the molecule is CCCCCC(O)Cc1ncnn1C. The predicted molar refractivity (Wildman–Crippen MR) is 54.9 cm³/mol. The monoisotopic (exact) mass is 197 g/mol. The summed E-state index contributed by atoms with van der Waals surface area (Å²) in [6, 6.07) is 0. The van der Waals surface area contributed by atoms with Crippen molar-refractivity contribution >= 4 is 0 Å². The van der Waals surface area contributed by atoms with Crippen LogP contribution >= 0.6 is 0 Å². The minimum atomic E-state index is -0.274. The highest BCUT2D eigenvalue weighted by Crippen LogP contribution is 2.07. The van der Waals surface area contributed by atoms with Gasteiger partial charge < -0.3 is 5.11 Å². The first kappa shape index (κ1) is 11.2. The zero-order valence-corrected chi connectivity index (χ0v) is 8.98. The van der Waals surface area contributed by atoms with Crippen molar-refractivity contribution in [2.45, 2.75) is 45.1 Å². The van der Waals surface area contributed by atoms with E-state index in [2.05, 4.69) is 17.0 Å². The highest BCUT2D eigenvalue weighted by molar-refractivity contribution is 4.86. The molecule has 4 heteroatoms. The van der Waals surface area contributed by atoms with Crippen molar-refractivity contribution in [3.05, 3.63) is 12.2 Å². The van der Waals surface area contributed by atoms with Crippen LogP contribution in [0.15, 0.2) is 6.33 Å². The molecule has 1 N–H and O–H groups in total. The minimum Gasteiger partial charge on any atom is -0.393 e. The molecule has 1 unspecified atom stereocenters. The largest absolute Gasteiger partial charge is 0.393 e. The van der Waals surface area contributed by atoms with Gasteiger partial charge in [-0.25, -0.2) is 4.98 Å². The van der Waals surface area contributed by atoms with E-state index in [0.29, 0.717) is 6.42 Å². The van der Waals surface area contributed by atoms with E-state index < -0.39 is 0 Å². The van der Waals surface area contributed by atoms with Crippen molar-refractivity contribution in [1.29, 1.82) is 0 Å². The zero-order valence-electron chi connectivity index (χ0n) is 8.98. The molecule has 0 aromatic carbocycles. The summed E-state index contributed by atoms with van der Waals surface area (Å²) in [5.41, 5.74) is 0. The van der Waals surface area contributed by atoms with E-state index in [0.717, 1.165) is 18.7 Å². The molecule has 0 bridgehead atoms. The van der Waals surface area contributed by atoms with Crippen molar-refractivity contribution in [3.63, 3.8) is 0 Å². The topological polar surface area (TPSA) is 50.9 Å². The number of rotatable bonds is 6. The molecule has 0 amide bonds. The molecule has 0 fully saturated rings. The van der Waals surface area contributed by atoms with E-state index in [1.54, 1.807) is 4.68 Å². The maximum atomic E-state index is 9.69. The van der Waals surface area contributed by atoms with Crippen LogP contribution in [-0.4, -0.2) is 26.0 Å². The standard InChI is InChI=1S/C10H19N3O/c1-3-4-5-6-9(14)7-10-11-8-12-13(10)2/h8-9,14H,3-7H2,1-2H3. The van der Waals surface area contributed by atoms with Gasteiger partial charge in [-0.15, -0.1) is 0 Å². The summed E-state index contributed by atoms with van der Waals surface area (Å²) in [6.07, 6.45) is 6.20. The molecule has 0 radical (unpaired) electrons. The number of nitrogens with zero attached hydrogens (tertiary/aromatic N) is 3. The van der Waals surface area contributed by atoms with E-state index in [1.807, 2.05) is 7.05 Å². The van der Waals surface area contributed by atoms with Crippen LogP contribution in [0.1, 0.15) is 38.4 Å². The molecular formula is C10H19N3O. The number of hydrogen-bond donors (Lipinski definition) is 1. The third-order valence-electron chi connectivity index (χ3n) is 2.36. The fraction of sp³-hybridized carbons (Fsp3) is 0.800. The second kappa shape index (κ2) is 5.75. The van der Waals surface area contributed by atoms with Gasteiger partial charge in [0.25, 0.3) is 0 Å². The predicted octanol–water partition coefficient (Wildman–Crippen LogP) is 1.30. The maximum Gasteiger partial charge on any atom is 0.138 e. The van der Waals surface area contributed by atoms with Crippen LogP contribution in [0.25, 0.3) is 0 Å². The Morgan fingerprint density at radius 1 is 1.50 bits per heavy atom. The van der Waals surface area contributed by atoms with Gasteiger partial charge in [0.05, 0.1) is 6.10 Å². The molecule has 14 heavy (non-hydrogen) atoms. The molecular weight excluding hydrogens is 178 g/mol. The second-order valence-corrected chi connectivity index (χ2v) is 3.65. The Morgan fingerprint density at radius 2 is 2.29 bits per heavy atom. The van der Waals surface area contributed by atoms with Crippen molar-refractivity contribution in [2.24, 2.45) is 7.05 Å². The van der Waals surface area contributed by atoms with Gasteiger partial charge in [-0.1, -0.05) is 26.2 Å². The molecule has 80 valence electrons. The van der Waals surface area contributed by atoms with E-state index in [1.165, 1.54) is 19.2 Å². The van der Waals surface area contributed by atoms with E-state index in [-0.39, 0.29) is 6.10 Å². The average Bonchev–Trinajstić information content (AvgIpc) is 2.52. The summed E-state index contributed by atoms with van der Waals surface area (Å²) in [7, 11) is 1.85. The molecule has 0 saturated heterocycles. The highest BCUT2D eigenvalue weighted by atomic mass is 16.3. The normalized spacial score (nSPS) is 13.1. The summed E-state index contributed by atoms with van der Waals surface area (Å²) in [6.45, 7) is 2.16. The fourth-order valence-electron chi connectivity index (χ4n) is 1.45. The van der Waals surface area contributed by atoms with Gasteiger partial charge in [-0.2, -0.15) is 5.10 Å². The Labute approximate surface area is 85.0 Å². The Kier molecular flexibility index (Phi) is 4.59. The van der Waals surface area contributed by atoms with Gasteiger partial charge in [0.1, 0.15) is 12.2 Å². The number of aryl methyl sites for hydroxylation is 1. The van der Waals surface area contributed by atoms with Crippen molar-refractivity contribution in [1.82, 2.24) is 14.8 Å². The van der Waals surface area contributed by atoms with Crippen LogP contribution < -0.4 is 0 Å². The lowest BCUT2D eigenvalue weighted by Gasteiger charge is -2.08. The number of hydrogen-bond acceptors (Lipinski definition) is 3. The number of aliphatic hydroxyl groups is 1. The Morgan fingerprint density at radius 3 is 2.86 bits per heavy atom.